The lowest BCUT2D eigenvalue weighted by molar-refractivity contribution is 0.0934. The third kappa shape index (κ3) is 5.93. The van der Waals surface area contributed by atoms with Gasteiger partial charge in [0.05, 0.1) is 19.2 Å². The highest BCUT2D eigenvalue weighted by atomic mass is 32.2. The van der Waals surface area contributed by atoms with E-state index in [4.69, 9.17) is 4.74 Å². The average Bonchev–Trinajstić information content (AvgIpc) is 3.38. The van der Waals surface area contributed by atoms with Crippen LogP contribution in [0.4, 0.5) is 4.39 Å². The third-order valence-corrected chi connectivity index (χ3v) is 6.59. The first kappa shape index (κ1) is 22.0. The molecule has 1 aromatic heterocycles. The minimum absolute atomic E-state index is 0.206. The van der Waals surface area contributed by atoms with Crippen LogP contribution in [0.2, 0.25) is 0 Å². The summed E-state index contributed by atoms with van der Waals surface area (Å²) < 4.78 is 21.6. The SMILES string of the molecule is Cc1ccccc1CSc1nnc(CN(C)Cc2cccc(F)c2)n1C[C@@H]1CCCO1. The maximum absolute atomic E-state index is 13.5. The third-order valence-electron chi connectivity index (χ3n) is 5.57. The largest absolute Gasteiger partial charge is 0.376 e. The van der Waals surface area contributed by atoms with Gasteiger partial charge in [0.2, 0.25) is 0 Å². The number of aryl methyl sites for hydroxylation is 1. The molecule has 164 valence electrons. The molecule has 7 heteroatoms. The second-order valence-corrected chi connectivity index (χ2v) is 9.10. The molecule has 0 saturated carbocycles. The molecule has 1 aliphatic rings. The van der Waals surface area contributed by atoms with Gasteiger partial charge in [-0.15, -0.1) is 10.2 Å². The van der Waals surface area contributed by atoms with E-state index < -0.39 is 0 Å². The molecule has 5 nitrogen and oxygen atoms in total. The molecule has 3 aromatic rings. The maximum atomic E-state index is 13.5. The van der Waals surface area contributed by atoms with Crippen molar-refractivity contribution in [1.29, 1.82) is 0 Å². The van der Waals surface area contributed by atoms with E-state index >= 15 is 0 Å². The van der Waals surface area contributed by atoms with Gasteiger partial charge in [0, 0.05) is 18.9 Å². The van der Waals surface area contributed by atoms with E-state index in [-0.39, 0.29) is 11.9 Å². The molecule has 0 N–H and O–H groups in total. The predicted molar refractivity (Wildman–Crippen MR) is 121 cm³/mol. The zero-order valence-corrected chi connectivity index (χ0v) is 18.9. The van der Waals surface area contributed by atoms with Gasteiger partial charge >= 0.3 is 0 Å². The molecule has 0 bridgehead atoms. The standard InChI is InChI=1S/C24H29FN4OS/c1-18-7-3-4-9-20(18)17-31-24-27-26-23(29(24)15-22-11-6-12-30-22)16-28(2)14-19-8-5-10-21(25)13-19/h3-5,7-10,13,22H,6,11-12,14-17H2,1-2H3/t22-/m0/s1. The highest BCUT2D eigenvalue weighted by molar-refractivity contribution is 7.98. The Labute approximate surface area is 187 Å². The van der Waals surface area contributed by atoms with E-state index in [1.807, 2.05) is 13.1 Å². The van der Waals surface area contributed by atoms with Crippen LogP contribution in [0.15, 0.2) is 53.7 Å². The number of thioether (sulfide) groups is 1. The lowest BCUT2D eigenvalue weighted by Crippen LogP contribution is -2.23. The van der Waals surface area contributed by atoms with Gasteiger partial charge in [-0.1, -0.05) is 48.2 Å². The minimum atomic E-state index is -0.206. The minimum Gasteiger partial charge on any atom is -0.376 e. The fourth-order valence-corrected chi connectivity index (χ4v) is 4.92. The number of halogens is 1. The Bertz CT molecular complexity index is 1000. The number of aromatic nitrogens is 3. The van der Waals surface area contributed by atoms with Crippen molar-refractivity contribution in [3.63, 3.8) is 0 Å². The fraction of sp³-hybridized carbons (Fsp3) is 0.417. The van der Waals surface area contributed by atoms with Crippen molar-refractivity contribution in [3.05, 3.63) is 76.9 Å². The molecule has 1 saturated heterocycles. The lowest BCUT2D eigenvalue weighted by Gasteiger charge is -2.19. The molecule has 1 atom stereocenters. The Morgan fingerprint density at radius 3 is 2.81 bits per heavy atom. The van der Waals surface area contributed by atoms with Gasteiger partial charge in [-0.05, 0) is 55.6 Å². The molecule has 0 unspecified atom stereocenters. The van der Waals surface area contributed by atoms with Crippen molar-refractivity contribution in [2.24, 2.45) is 0 Å². The summed E-state index contributed by atoms with van der Waals surface area (Å²) in [6.07, 6.45) is 2.38. The Morgan fingerprint density at radius 2 is 2.03 bits per heavy atom. The van der Waals surface area contributed by atoms with Crippen LogP contribution in [-0.4, -0.2) is 39.4 Å². The maximum Gasteiger partial charge on any atom is 0.191 e. The molecule has 0 amide bonds. The van der Waals surface area contributed by atoms with E-state index in [2.05, 4.69) is 50.9 Å². The molecule has 0 aliphatic carbocycles. The number of ether oxygens (including phenoxy) is 1. The van der Waals surface area contributed by atoms with Crippen LogP contribution in [0.1, 0.15) is 35.4 Å². The van der Waals surface area contributed by atoms with Crippen molar-refractivity contribution < 1.29 is 9.13 Å². The zero-order chi connectivity index (χ0) is 21.6. The van der Waals surface area contributed by atoms with E-state index in [1.54, 1.807) is 23.9 Å². The first-order valence-corrected chi connectivity index (χ1v) is 11.7. The molecule has 4 rings (SSSR count). The van der Waals surface area contributed by atoms with Crippen LogP contribution in [0.25, 0.3) is 0 Å². The van der Waals surface area contributed by atoms with E-state index in [9.17, 15) is 4.39 Å². The van der Waals surface area contributed by atoms with Crippen molar-refractivity contribution in [3.8, 4) is 0 Å². The fourth-order valence-electron chi connectivity index (χ4n) is 3.88. The van der Waals surface area contributed by atoms with Crippen molar-refractivity contribution in [2.75, 3.05) is 13.7 Å². The Morgan fingerprint density at radius 1 is 1.16 bits per heavy atom. The van der Waals surface area contributed by atoms with Crippen LogP contribution in [0.3, 0.4) is 0 Å². The smallest absolute Gasteiger partial charge is 0.191 e. The summed E-state index contributed by atoms with van der Waals surface area (Å²) in [4.78, 5) is 2.14. The molecule has 31 heavy (non-hydrogen) atoms. The van der Waals surface area contributed by atoms with Crippen LogP contribution in [-0.2, 0) is 30.1 Å². The number of hydrogen-bond donors (Lipinski definition) is 0. The second kappa shape index (κ2) is 10.4. The van der Waals surface area contributed by atoms with Crippen LogP contribution in [0, 0.1) is 12.7 Å². The summed E-state index contributed by atoms with van der Waals surface area (Å²) in [7, 11) is 2.02. The van der Waals surface area contributed by atoms with Crippen molar-refractivity contribution >= 4 is 11.8 Å². The quantitative estimate of drug-likeness (QED) is 0.446. The lowest BCUT2D eigenvalue weighted by atomic mass is 10.1. The summed E-state index contributed by atoms with van der Waals surface area (Å²) in [5.41, 5.74) is 3.54. The summed E-state index contributed by atoms with van der Waals surface area (Å²) in [6, 6.07) is 15.2. The number of rotatable bonds is 9. The molecular formula is C24H29FN4OS. The van der Waals surface area contributed by atoms with Gasteiger partial charge in [-0.25, -0.2) is 4.39 Å². The van der Waals surface area contributed by atoms with Crippen LogP contribution >= 0.6 is 11.8 Å². The van der Waals surface area contributed by atoms with Crippen LogP contribution < -0.4 is 0 Å². The first-order valence-electron chi connectivity index (χ1n) is 10.7. The highest BCUT2D eigenvalue weighted by Crippen LogP contribution is 2.26. The molecule has 1 aliphatic heterocycles. The Kier molecular flexibility index (Phi) is 7.37. The molecule has 0 radical (unpaired) electrons. The molecule has 2 aromatic carbocycles. The molecule has 0 spiro atoms. The predicted octanol–water partition coefficient (Wildman–Crippen LogP) is 4.83. The Hall–Kier alpha value is -2.22. The number of hydrogen-bond acceptors (Lipinski definition) is 5. The number of benzene rings is 2. The first-order chi connectivity index (χ1) is 15.1. The topological polar surface area (TPSA) is 43.2 Å². The summed E-state index contributed by atoms with van der Waals surface area (Å²) >= 11 is 1.72. The van der Waals surface area contributed by atoms with E-state index in [0.717, 1.165) is 48.3 Å². The number of nitrogens with zero attached hydrogens (tertiary/aromatic N) is 4. The van der Waals surface area contributed by atoms with E-state index in [0.29, 0.717) is 13.1 Å². The molecular weight excluding hydrogens is 411 g/mol. The van der Waals surface area contributed by atoms with Crippen LogP contribution in [0.5, 0.6) is 0 Å². The summed E-state index contributed by atoms with van der Waals surface area (Å²) in [5, 5.41) is 9.95. The highest BCUT2D eigenvalue weighted by Gasteiger charge is 2.22. The summed E-state index contributed by atoms with van der Waals surface area (Å²) in [6.45, 7) is 5.02. The normalized spacial score (nSPS) is 16.3. The van der Waals surface area contributed by atoms with Crippen molar-refractivity contribution in [1.82, 2.24) is 19.7 Å². The second-order valence-electron chi connectivity index (χ2n) is 8.16. The Balaban J connectivity index is 1.48. The van der Waals surface area contributed by atoms with Crippen molar-refractivity contribution in [2.45, 2.75) is 56.4 Å². The molecule has 2 heterocycles. The van der Waals surface area contributed by atoms with Gasteiger partial charge in [0.25, 0.3) is 0 Å². The zero-order valence-electron chi connectivity index (χ0n) is 18.1. The summed E-state index contributed by atoms with van der Waals surface area (Å²) in [5.74, 6) is 1.57. The van der Waals surface area contributed by atoms with Gasteiger partial charge in [-0.2, -0.15) is 0 Å². The van der Waals surface area contributed by atoms with Gasteiger partial charge in [0.1, 0.15) is 11.6 Å². The molecule has 1 fully saturated rings. The van der Waals surface area contributed by atoms with Gasteiger partial charge < -0.3 is 9.30 Å². The van der Waals surface area contributed by atoms with E-state index in [1.165, 1.54) is 17.2 Å². The average molecular weight is 441 g/mol. The van der Waals surface area contributed by atoms with Gasteiger partial charge in [-0.3, -0.25) is 4.90 Å². The monoisotopic (exact) mass is 440 g/mol. The van der Waals surface area contributed by atoms with Gasteiger partial charge in [0.15, 0.2) is 5.16 Å².